The third-order valence-electron chi connectivity index (χ3n) is 4.78. The van der Waals surface area contributed by atoms with Crippen LogP contribution < -0.4 is 5.32 Å². The summed E-state index contributed by atoms with van der Waals surface area (Å²) in [6, 6.07) is 5.85. The summed E-state index contributed by atoms with van der Waals surface area (Å²) < 4.78 is 15.3. The number of benzene rings is 1. The summed E-state index contributed by atoms with van der Waals surface area (Å²) in [6.45, 7) is 1.70. The molecule has 5 nitrogen and oxygen atoms in total. The molecule has 3 rings (SSSR count). The molecule has 132 valence electrons. The van der Waals surface area contributed by atoms with E-state index in [4.69, 9.17) is 0 Å². The smallest absolute Gasteiger partial charge is 0.221 e. The molecule has 1 aliphatic carbocycles. The lowest BCUT2D eigenvalue weighted by Gasteiger charge is -2.22. The fraction of sp³-hybridized carbons (Fsp3) is 0.421. The van der Waals surface area contributed by atoms with E-state index in [9.17, 15) is 14.0 Å². The first-order valence-electron chi connectivity index (χ1n) is 8.61. The van der Waals surface area contributed by atoms with Gasteiger partial charge in [-0.1, -0.05) is 19.1 Å². The number of rotatable bonds is 6. The minimum absolute atomic E-state index is 0.0539. The molecule has 3 atom stereocenters. The predicted octanol–water partition coefficient (Wildman–Crippen LogP) is 3.14. The lowest BCUT2D eigenvalue weighted by molar-refractivity contribution is -0.122. The van der Waals surface area contributed by atoms with Gasteiger partial charge in [0.2, 0.25) is 5.91 Å². The lowest BCUT2D eigenvalue weighted by Crippen LogP contribution is -2.39. The Kier molecular flexibility index (Phi) is 5.26. The van der Waals surface area contributed by atoms with Crippen LogP contribution in [0.15, 0.2) is 43.0 Å². The molecule has 0 spiro atoms. The number of hydrogen-bond acceptors (Lipinski definition) is 3. The van der Waals surface area contributed by atoms with Crippen molar-refractivity contribution in [2.24, 2.45) is 5.92 Å². The molecule has 1 fully saturated rings. The Morgan fingerprint density at radius 3 is 2.96 bits per heavy atom. The van der Waals surface area contributed by atoms with E-state index in [0.717, 1.165) is 19.3 Å². The number of ketones is 1. The van der Waals surface area contributed by atoms with Crippen LogP contribution in [0.5, 0.6) is 0 Å². The number of amides is 1. The molecule has 0 radical (unpaired) electrons. The van der Waals surface area contributed by atoms with Gasteiger partial charge >= 0.3 is 0 Å². The van der Waals surface area contributed by atoms with Gasteiger partial charge in [0.05, 0.1) is 12.4 Å². The van der Waals surface area contributed by atoms with Crippen molar-refractivity contribution in [2.45, 2.75) is 44.7 Å². The van der Waals surface area contributed by atoms with Crippen molar-refractivity contribution in [1.82, 2.24) is 14.9 Å². The molecule has 1 N–H and O–H groups in total. The first-order valence-corrected chi connectivity index (χ1v) is 8.61. The number of halogens is 1. The first kappa shape index (κ1) is 17.3. The standard InChI is InChI=1S/C19H22FN3O2/c1-13(19(25)14-4-2-5-15(20)11-14)10-18(24)22-16-6-3-7-17(16)23-9-8-21-12-23/h2,4-5,8-9,11-13,16-17H,3,6-7,10H2,1H3,(H,22,24). The van der Waals surface area contributed by atoms with Gasteiger partial charge in [-0.15, -0.1) is 0 Å². The van der Waals surface area contributed by atoms with Crippen LogP contribution >= 0.6 is 0 Å². The third kappa shape index (κ3) is 4.13. The van der Waals surface area contributed by atoms with Gasteiger partial charge in [0.15, 0.2) is 5.78 Å². The van der Waals surface area contributed by atoms with E-state index in [1.807, 2.05) is 10.8 Å². The number of carbonyl (C=O) groups excluding carboxylic acids is 2. The van der Waals surface area contributed by atoms with Crippen molar-refractivity contribution in [2.75, 3.05) is 0 Å². The van der Waals surface area contributed by atoms with Gasteiger partial charge in [0, 0.05) is 36.3 Å². The van der Waals surface area contributed by atoms with Crippen molar-refractivity contribution in [3.05, 3.63) is 54.4 Å². The molecule has 1 saturated carbocycles. The molecule has 1 heterocycles. The summed E-state index contributed by atoms with van der Waals surface area (Å²) in [5.41, 5.74) is 0.303. The maximum Gasteiger partial charge on any atom is 0.221 e. The Balaban J connectivity index is 1.57. The van der Waals surface area contributed by atoms with Gasteiger partial charge < -0.3 is 9.88 Å². The van der Waals surface area contributed by atoms with Crippen molar-refractivity contribution >= 4 is 11.7 Å². The first-order chi connectivity index (χ1) is 12.0. The molecular formula is C19H22FN3O2. The second-order valence-electron chi connectivity index (χ2n) is 6.66. The number of carbonyl (C=O) groups is 2. The molecule has 6 heteroatoms. The fourth-order valence-electron chi connectivity index (χ4n) is 3.49. The Morgan fingerprint density at radius 1 is 1.40 bits per heavy atom. The minimum atomic E-state index is -0.491. The molecule has 1 amide bonds. The Morgan fingerprint density at radius 2 is 2.24 bits per heavy atom. The highest BCUT2D eigenvalue weighted by atomic mass is 19.1. The molecule has 1 aliphatic rings. The van der Waals surface area contributed by atoms with Gasteiger partial charge in [-0.25, -0.2) is 9.37 Å². The Bertz CT molecular complexity index is 745. The molecule has 0 saturated heterocycles. The number of aromatic nitrogens is 2. The zero-order valence-electron chi connectivity index (χ0n) is 14.2. The average molecular weight is 343 g/mol. The van der Waals surface area contributed by atoms with E-state index in [1.165, 1.54) is 18.2 Å². The zero-order chi connectivity index (χ0) is 17.8. The molecule has 0 aliphatic heterocycles. The van der Waals surface area contributed by atoms with Crippen molar-refractivity contribution < 1.29 is 14.0 Å². The van der Waals surface area contributed by atoms with Crippen LogP contribution in [-0.4, -0.2) is 27.3 Å². The molecule has 0 bridgehead atoms. The largest absolute Gasteiger partial charge is 0.351 e. The van der Waals surface area contributed by atoms with Gasteiger partial charge in [-0.05, 0) is 31.4 Å². The number of nitrogens with one attached hydrogen (secondary N) is 1. The normalized spacial score (nSPS) is 21.0. The van der Waals surface area contributed by atoms with Crippen LogP contribution in [0.2, 0.25) is 0 Å². The molecular weight excluding hydrogens is 321 g/mol. The van der Waals surface area contributed by atoms with Crippen LogP contribution in [0.4, 0.5) is 4.39 Å². The second-order valence-corrected chi connectivity index (χ2v) is 6.66. The van der Waals surface area contributed by atoms with Crippen molar-refractivity contribution in [1.29, 1.82) is 0 Å². The van der Waals surface area contributed by atoms with E-state index in [0.29, 0.717) is 5.56 Å². The Hall–Kier alpha value is -2.50. The second kappa shape index (κ2) is 7.59. The molecule has 3 unspecified atom stereocenters. The number of imidazole rings is 1. The number of hydrogen-bond donors (Lipinski definition) is 1. The van der Waals surface area contributed by atoms with Crippen LogP contribution in [0.1, 0.15) is 49.0 Å². The van der Waals surface area contributed by atoms with Crippen LogP contribution in [0.3, 0.4) is 0 Å². The molecule has 1 aromatic heterocycles. The Labute approximate surface area is 146 Å². The summed E-state index contributed by atoms with van der Waals surface area (Å²) >= 11 is 0. The van der Waals surface area contributed by atoms with E-state index >= 15 is 0 Å². The highest BCUT2D eigenvalue weighted by Gasteiger charge is 2.30. The van der Waals surface area contributed by atoms with Crippen LogP contribution in [-0.2, 0) is 4.79 Å². The summed E-state index contributed by atoms with van der Waals surface area (Å²) in [5.74, 6) is -1.30. The SMILES string of the molecule is CC(CC(=O)NC1CCCC1n1ccnc1)C(=O)c1cccc(F)c1. The fourth-order valence-corrected chi connectivity index (χ4v) is 3.49. The predicted molar refractivity (Wildman–Crippen MR) is 91.6 cm³/mol. The quantitative estimate of drug-likeness (QED) is 0.820. The van der Waals surface area contributed by atoms with Crippen molar-refractivity contribution in [3.63, 3.8) is 0 Å². The molecule has 1 aromatic carbocycles. The summed E-state index contributed by atoms with van der Waals surface area (Å²) in [6.07, 6.45) is 8.47. The molecule has 2 aromatic rings. The topological polar surface area (TPSA) is 64.0 Å². The minimum Gasteiger partial charge on any atom is -0.351 e. The van der Waals surface area contributed by atoms with E-state index < -0.39 is 11.7 Å². The van der Waals surface area contributed by atoms with E-state index in [2.05, 4.69) is 10.3 Å². The van der Waals surface area contributed by atoms with Crippen LogP contribution in [0, 0.1) is 11.7 Å². The maximum absolute atomic E-state index is 13.3. The number of Topliss-reactive ketones (excluding diaryl/α,β-unsaturated/α-hetero) is 1. The van der Waals surface area contributed by atoms with Gasteiger partial charge in [-0.3, -0.25) is 9.59 Å². The third-order valence-corrected chi connectivity index (χ3v) is 4.78. The van der Waals surface area contributed by atoms with E-state index in [1.54, 1.807) is 25.5 Å². The summed E-state index contributed by atoms with van der Waals surface area (Å²) in [5, 5.41) is 3.05. The zero-order valence-corrected chi connectivity index (χ0v) is 14.2. The van der Waals surface area contributed by atoms with Crippen LogP contribution in [0.25, 0.3) is 0 Å². The monoisotopic (exact) mass is 343 g/mol. The molecule has 25 heavy (non-hydrogen) atoms. The van der Waals surface area contributed by atoms with Gasteiger partial charge in [0.25, 0.3) is 0 Å². The van der Waals surface area contributed by atoms with Gasteiger partial charge in [-0.2, -0.15) is 0 Å². The summed E-state index contributed by atoms with van der Waals surface area (Å²) in [7, 11) is 0. The lowest BCUT2D eigenvalue weighted by atomic mass is 9.96. The highest BCUT2D eigenvalue weighted by molar-refractivity contribution is 5.99. The van der Waals surface area contributed by atoms with E-state index in [-0.39, 0.29) is 30.2 Å². The van der Waals surface area contributed by atoms with Crippen molar-refractivity contribution in [3.8, 4) is 0 Å². The average Bonchev–Trinajstić information content (AvgIpc) is 3.25. The number of nitrogens with zero attached hydrogens (tertiary/aromatic N) is 2. The summed E-state index contributed by atoms with van der Waals surface area (Å²) in [4.78, 5) is 28.8. The highest BCUT2D eigenvalue weighted by Crippen LogP contribution is 2.30. The maximum atomic E-state index is 13.3. The van der Waals surface area contributed by atoms with Gasteiger partial charge in [0.1, 0.15) is 5.82 Å².